The molecule has 1 aliphatic carbocycles. The van der Waals surface area contributed by atoms with Crippen molar-refractivity contribution >= 4 is 11.9 Å². The third kappa shape index (κ3) is 0.798. The molecule has 0 amide bonds. The molecule has 2 aliphatic rings. The number of cyclic esters (lactones) is 2. The molecule has 72 valence electrons. The highest BCUT2D eigenvalue weighted by molar-refractivity contribution is 5.95. The van der Waals surface area contributed by atoms with E-state index in [1.807, 2.05) is 20.8 Å². The van der Waals surface area contributed by atoms with E-state index >= 15 is 0 Å². The maximum absolute atomic E-state index is 11.6. The summed E-state index contributed by atoms with van der Waals surface area (Å²) in [5, 5.41) is 0. The number of hydrogen-bond donors (Lipinski definition) is 0. The quantitative estimate of drug-likeness (QED) is 0.421. The zero-order chi connectivity index (χ0) is 9.85. The van der Waals surface area contributed by atoms with Gasteiger partial charge in [0.25, 0.3) is 0 Å². The smallest absolute Gasteiger partial charge is 0.320 e. The highest BCUT2D eigenvalue weighted by Crippen LogP contribution is 2.59. The molecule has 2 rings (SSSR count). The van der Waals surface area contributed by atoms with Crippen LogP contribution in [0, 0.1) is 16.7 Å². The van der Waals surface area contributed by atoms with Gasteiger partial charge in [-0.3, -0.25) is 9.59 Å². The number of carbonyl (C=O) groups excluding carboxylic acids is 2. The predicted molar refractivity (Wildman–Crippen MR) is 45.7 cm³/mol. The molecule has 13 heavy (non-hydrogen) atoms. The fraction of sp³-hybridized carbons (Fsp3) is 0.800. The van der Waals surface area contributed by atoms with Gasteiger partial charge in [-0.2, -0.15) is 0 Å². The zero-order valence-corrected chi connectivity index (χ0v) is 8.22. The average molecular weight is 182 g/mol. The van der Waals surface area contributed by atoms with E-state index in [9.17, 15) is 9.59 Å². The van der Waals surface area contributed by atoms with Crippen molar-refractivity contribution in [1.29, 1.82) is 0 Å². The molecule has 0 aromatic carbocycles. The Morgan fingerprint density at radius 2 is 1.92 bits per heavy atom. The van der Waals surface area contributed by atoms with Crippen molar-refractivity contribution < 1.29 is 14.3 Å². The molecular weight excluding hydrogens is 168 g/mol. The van der Waals surface area contributed by atoms with Crippen LogP contribution in [0.15, 0.2) is 0 Å². The van der Waals surface area contributed by atoms with E-state index in [1.54, 1.807) is 0 Å². The number of fused-ring (bicyclic) bond motifs is 2. The largest absolute Gasteiger partial charge is 0.392 e. The van der Waals surface area contributed by atoms with Crippen LogP contribution in [0.5, 0.6) is 0 Å². The molecule has 1 saturated carbocycles. The Morgan fingerprint density at radius 3 is 2.54 bits per heavy atom. The van der Waals surface area contributed by atoms with E-state index < -0.39 is 5.41 Å². The second-order valence-electron chi connectivity index (χ2n) is 4.85. The van der Waals surface area contributed by atoms with Gasteiger partial charge in [0.2, 0.25) is 0 Å². The van der Waals surface area contributed by atoms with E-state index in [1.165, 1.54) is 0 Å². The molecule has 1 aliphatic heterocycles. The van der Waals surface area contributed by atoms with E-state index in [0.717, 1.165) is 12.8 Å². The second-order valence-corrected chi connectivity index (χ2v) is 4.85. The van der Waals surface area contributed by atoms with Crippen molar-refractivity contribution in [3.05, 3.63) is 0 Å². The number of ether oxygens (including phenoxy) is 1. The summed E-state index contributed by atoms with van der Waals surface area (Å²) in [4.78, 5) is 22.9. The van der Waals surface area contributed by atoms with Crippen LogP contribution in [0.3, 0.4) is 0 Å². The molecule has 1 saturated heterocycles. The van der Waals surface area contributed by atoms with Crippen LogP contribution in [0.25, 0.3) is 0 Å². The number of hydrogen-bond acceptors (Lipinski definition) is 3. The first-order chi connectivity index (χ1) is 5.89. The summed E-state index contributed by atoms with van der Waals surface area (Å²) in [6.45, 7) is 5.88. The summed E-state index contributed by atoms with van der Waals surface area (Å²) in [5.41, 5.74) is -0.689. The minimum atomic E-state index is -0.453. The highest BCUT2D eigenvalue weighted by Gasteiger charge is 2.63. The van der Waals surface area contributed by atoms with Crippen LogP contribution in [-0.4, -0.2) is 11.9 Å². The summed E-state index contributed by atoms with van der Waals surface area (Å²) in [5.74, 6) is -0.753. The molecule has 1 heterocycles. The van der Waals surface area contributed by atoms with Gasteiger partial charge in [0, 0.05) is 0 Å². The van der Waals surface area contributed by atoms with E-state index in [4.69, 9.17) is 4.74 Å². The van der Waals surface area contributed by atoms with E-state index in [2.05, 4.69) is 0 Å². The van der Waals surface area contributed by atoms with Crippen molar-refractivity contribution in [1.82, 2.24) is 0 Å². The van der Waals surface area contributed by atoms with Crippen molar-refractivity contribution in [2.24, 2.45) is 16.7 Å². The number of esters is 2. The maximum atomic E-state index is 11.6. The Balaban J connectivity index is 2.51. The third-order valence-electron chi connectivity index (χ3n) is 4.15. The van der Waals surface area contributed by atoms with Crippen molar-refractivity contribution in [3.63, 3.8) is 0 Å². The van der Waals surface area contributed by atoms with Crippen LogP contribution in [-0.2, 0) is 14.3 Å². The van der Waals surface area contributed by atoms with Gasteiger partial charge in [0.05, 0.1) is 11.3 Å². The summed E-state index contributed by atoms with van der Waals surface area (Å²) < 4.78 is 4.73. The van der Waals surface area contributed by atoms with Gasteiger partial charge < -0.3 is 4.74 Å². The standard InChI is InChI=1S/C10H14O3/c1-9(2)6-4-5-10(9,3)8(12)13-7(6)11/h6H,4-5H2,1-3H3/t6-,10-/m1/s1. The van der Waals surface area contributed by atoms with Crippen LogP contribution in [0.2, 0.25) is 0 Å². The van der Waals surface area contributed by atoms with Gasteiger partial charge in [-0.15, -0.1) is 0 Å². The lowest BCUT2D eigenvalue weighted by Gasteiger charge is -2.41. The van der Waals surface area contributed by atoms with Crippen LogP contribution in [0.4, 0.5) is 0 Å². The molecule has 0 N–H and O–H groups in total. The highest BCUT2D eigenvalue weighted by atomic mass is 16.6. The molecule has 0 unspecified atom stereocenters. The molecule has 0 aromatic heterocycles. The normalized spacial score (nSPS) is 41.9. The molecule has 0 spiro atoms. The lowest BCUT2D eigenvalue weighted by molar-refractivity contribution is -0.185. The minimum absolute atomic E-state index is 0.0878. The fourth-order valence-corrected chi connectivity index (χ4v) is 2.55. The lowest BCUT2D eigenvalue weighted by atomic mass is 9.64. The zero-order valence-electron chi connectivity index (χ0n) is 8.22. The predicted octanol–water partition coefficient (Wildman–Crippen LogP) is 1.51. The molecule has 3 heteroatoms. The summed E-state index contributed by atoms with van der Waals surface area (Å²) in [6, 6.07) is 0. The maximum Gasteiger partial charge on any atom is 0.320 e. The van der Waals surface area contributed by atoms with Gasteiger partial charge in [-0.05, 0) is 25.2 Å². The Morgan fingerprint density at radius 1 is 1.31 bits per heavy atom. The molecule has 3 nitrogen and oxygen atoms in total. The van der Waals surface area contributed by atoms with E-state index in [0.29, 0.717) is 0 Å². The summed E-state index contributed by atoms with van der Waals surface area (Å²) in [6.07, 6.45) is 1.56. The van der Waals surface area contributed by atoms with Crippen molar-refractivity contribution in [3.8, 4) is 0 Å². The second kappa shape index (κ2) is 2.14. The van der Waals surface area contributed by atoms with Gasteiger partial charge in [-0.25, -0.2) is 0 Å². The third-order valence-corrected chi connectivity index (χ3v) is 4.15. The summed E-state index contributed by atoms with van der Waals surface area (Å²) in [7, 11) is 0. The van der Waals surface area contributed by atoms with Crippen LogP contribution >= 0.6 is 0 Å². The Labute approximate surface area is 77.4 Å². The Kier molecular flexibility index (Phi) is 1.44. The lowest BCUT2D eigenvalue weighted by Crippen LogP contribution is -2.49. The van der Waals surface area contributed by atoms with Crippen LogP contribution < -0.4 is 0 Å². The monoisotopic (exact) mass is 182 g/mol. The van der Waals surface area contributed by atoms with Crippen LogP contribution in [0.1, 0.15) is 33.6 Å². The van der Waals surface area contributed by atoms with Crippen molar-refractivity contribution in [2.75, 3.05) is 0 Å². The van der Waals surface area contributed by atoms with Gasteiger partial charge in [-0.1, -0.05) is 13.8 Å². The summed E-state index contributed by atoms with van der Waals surface area (Å²) >= 11 is 0. The fourth-order valence-electron chi connectivity index (χ4n) is 2.55. The van der Waals surface area contributed by atoms with E-state index in [-0.39, 0.29) is 23.3 Å². The number of rotatable bonds is 0. The molecule has 0 aromatic rings. The molecule has 2 atom stereocenters. The molecule has 2 bridgehead atoms. The molecule has 0 radical (unpaired) electrons. The minimum Gasteiger partial charge on any atom is -0.392 e. The first-order valence-electron chi connectivity index (χ1n) is 4.66. The Bertz CT molecular complexity index is 293. The Hall–Kier alpha value is -0.860. The SMILES string of the molecule is CC1(C)[C@@H]2CC[C@]1(C)C(=O)OC2=O. The number of carbonyl (C=O) groups is 2. The molecular formula is C10H14O3. The molecule has 2 fully saturated rings. The van der Waals surface area contributed by atoms with Crippen molar-refractivity contribution in [2.45, 2.75) is 33.6 Å². The van der Waals surface area contributed by atoms with Gasteiger partial charge >= 0.3 is 11.9 Å². The topological polar surface area (TPSA) is 43.4 Å². The average Bonchev–Trinajstić information content (AvgIpc) is 2.16. The first kappa shape index (κ1) is 8.73. The van der Waals surface area contributed by atoms with Gasteiger partial charge in [0.15, 0.2) is 0 Å². The first-order valence-corrected chi connectivity index (χ1v) is 4.66. The van der Waals surface area contributed by atoms with Gasteiger partial charge in [0.1, 0.15) is 0 Å².